The molecule has 0 aliphatic heterocycles. The van der Waals surface area contributed by atoms with Gasteiger partial charge < -0.3 is 10.1 Å². The predicted octanol–water partition coefficient (Wildman–Crippen LogP) is 3.56. The molecule has 102 valence electrons. The van der Waals surface area contributed by atoms with Crippen molar-refractivity contribution in [2.45, 2.75) is 44.9 Å². The summed E-state index contributed by atoms with van der Waals surface area (Å²) >= 11 is 0. The van der Waals surface area contributed by atoms with Gasteiger partial charge in [-0.25, -0.2) is 4.79 Å². The second-order valence-corrected chi connectivity index (χ2v) is 7.01. The van der Waals surface area contributed by atoms with E-state index in [9.17, 15) is 9.90 Å². The van der Waals surface area contributed by atoms with E-state index in [2.05, 4.69) is 4.98 Å². The Labute approximate surface area is 113 Å². The van der Waals surface area contributed by atoms with Crippen molar-refractivity contribution < 1.29 is 9.90 Å². The van der Waals surface area contributed by atoms with Crippen molar-refractivity contribution in [2.24, 2.45) is 23.7 Å². The fraction of sp³-hybridized carbons (Fsp3) is 0.688. The predicted molar refractivity (Wildman–Crippen MR) is 72.3 cm³/mol. The Balaban J connectivity index is 1.75. The second-order valence-electron chi connectivity index (χ2n) is 7.01. The van der Waals surface area contributed by atoms with E-state index in [0.29, 0.717) is 11.5 Å². The molecule has 4 fully saturated rings. The molecule has 0 atom stereocenters. The minimum absolute atomic E-state index is 0.504. The van der Waals surface area contributed by atoms with E-state index in [1.165, 1.54) is 32.1 Å². The summed E-state index contributed by atoms with van der Waals surface area (Å²) in [6.07, 6.45) is 8.76. The fourth-order valence-corrected chi connectivity index (χ4v) is 5.53. The number of nitrogens with one attached hydrogen (secondary N) is 1. The number of H-pyrrole nitrogens is 1. The molecule has 4 bridgehead atoms. The zero-order chi connectivity index (χ0) is 13.1. The first-order chi connectivity index (χ1) is 9.13. The van der Waals surface area contributed by atoms with E-state index in [1.54, 1.807) is 0 Å². The van der Waals surface area contributed by atoms with Crippen LogP contribution in [-0.2, 0) is 0 Å². The van der Waals surface area contributed by atoms with Gasteiger partial charge in [-0.15, -0.1) is 0 Å². The summed E-state index contributed by atoms with van der Waals surface area (Å²) in [4.78, 5) is 14.7. The van der Waals surface area contributed by atoms with Gasteiger partial charge in [-0.3, -0.25) is 0 Å². The first-order valence-corrected chi connectivity index (χ1v) is 7.54. The maximum atomic E-state index is 11.5. The van der Waals surface area contributed by atoms with Crippen LogP contribution in [0.1, 0.15) is 59.6 Å². The van der Waals surface area contributed by atoms with Crippen LogP contribution in [0.15, 0.2) is 6.20 Å². The third-order valence-electron chi connectivity index (χ3n) is 5.91. The number of aromatic nitrogens is 1. The molecule has 2 N–H and O–H groups in total. The van der Waals surface area contributed by atoms with Gasteiger partial charge in [0.15, 0.2) is 0 Å². The first-order valence-electron chi connectivity index (χ1n) is 7.54. The number of hydrogen-bond acceptors (Lipinski definition) is 1. The maximum absolute atomic E-state index is 11.5. The molecule has 5 rings (SSSR count). The summed E-state index contributed by atoms with van der Waals surface area (Å²) in [6.45, 7) is 1.88. The van der Waals surface area contributed by atoms with Gasteiger partial charge in [-0.2, -0.15) is 0 Å². The highest BCUT2D eigenvalue weighted by molar-refractivity contribution is 5.91. The smallest absolute Gasteiger partial charge is 0.337 e. The maximum Gasteiger partial charge on any atom is 0.337 e. The topological polar surface area (TPSA) is 53.1 Å². The van der Waals surface area contributed by atoms with Crippen molar-refractivity contribution in [3.05, 3.63) is 23.0 Å². The van der Waals surface area contributed by atoms with Crippen LogP contribution in [-0.4, -0.2) is 16.1 Å². The lowest BCUT2D eigenvalue weighted by atomic mass is 9.50. The number of carboxylic acids is 1. The monoisotopic (exact) mass is 259 g/mol. The molecule has 4 saturated carbocycles. The minimum atomic E-state index is -0.762. The highest BCUT2D eigenvalue weighted by atomic mass is 16.4. The average Bonchev–Trinajstić information content (AvgIpc) is 2.69. The number of carbonyl (C=O) groups is 1. The summed E-state index contributed by atoms with van der Waals surface area (Å²) in [5.41, 5.74) is 2.47. The van der Waals surface area contributed by atoms with E-state index in [-0.39, 0.29) is 0 Å². The van der Waals surface area contributed by atoms with Crippen LogP contribution >= 0.6 is 0 Å². The van der Waals surface area contributed by atoms with Gasteiger partial charge in [-0.05, 0) is 74.2 Å². The molecule has 3 heteroatoms. The molecule has 1 aromatic heterocycles. The molecular formula is C16H21NO2. The summed E-state index contributed by atoms with van der Waals surface area (Å²) in [6, 6.07) is 0. The quantitative estimate of drug-likeness (QED) is 0.853. The third-order valence-corrected chi connectivity index (χ3v) is 5.91. The van der Waals surface area contributed by atoms with Crippen molar-refractivity contribution in [1.29, 1.82) is 0 Å². The van der Waals surface area contributed by atoms with Crippen molar-refractivity contribution in [1.82, 2.24) is 4.98 Å². The Morgan fingerprint density at radius 3 is 2.26 bits per heavy atom. The summed E-state index contributed by atoms with van der Waals surface area (Å²) in [5.74, 6) is 3.10. The van der Waals surface area contributed by atoms with Crippen molar-refractivity contribution in [3.63, 3.8) is 0 Å². The largest absolute Gasteiger partial charge is 0.478 e. The lowest BCUT2D eigenvalue weighted by Crippen LogP contribution is -2.44. The summed E-state index contributed by atoms with van der Waals surface area (Å²) < 4.78 is 0. The number of aromatic carboxylic acids is 1. The number of aromatic amines is 1. The van der Waals surface area contributed by atoms with E-state index < -0.39 is 5.97 Å². The highest BCUT2D eigenvalue weighted by Crippen LogP contribution is 2.60. The van der Waals surface area contributed by atoms with Gasteiger partial charge in [0.1, 0.15) is 0 Å². The summed E-state index contributed by atoms with van der Waals surface area (Å²) in [5, 5.41) is 9.47. The molecule has 1 heterocycles. The fourth-order valence-electron chi connectivity index (χ4n) is 5.53. The van der Waals surface area contributed by atoms with Gasteiger partial charge in [-0.1, -0.05) is 0 Å². The van der Waals surface area contributed by atoms with Crippen LogP contribution in [0, 0.1) is 30.6 Å². The average molecular weight is 259 g/mol. The lowest BCUT2D eigenvalue weighted by molar-refractivity contribution is -0.00309. The number of carboxylic acid groups (broad SMARTS) is 1. The molecule has 0 spiro atoms. The Bertz CT molecular complexity index is 503. The Hall–Kier alpha value is -1.25. The normalized spacial score (nSPS) is 39.7. The zero-order valence-corrected chi connectivity index (χ0v) is 11.4. The standard InChI is InChI=1S/C16H21NO2/c1-8-14(16(18)19)13(7-17-8)15-11-3-9-2-10(5-11)6-12(15)4-9/h7,9-12,15,17H,2-6H2,1H3,(H,18,19). The third kappa shape index (κ3) is 1.60. The van der Waals surface area contributed by atoms with Crippen LogP contribution in [0.4, 0.5) is 0 Å². The highest BCUT2D eigenvalue weighted by Gasteiger charge is 2.49. The summed E-state index contributed by atoms with van der Waals surface area (Å²) in [7, 11) is 0. The minimum Gasteiger partial charge on any atom is -0.478 e. The molecule has 3 nitrogen and oxygen atoms in total. The van der Waals surface area contributed by atoms with Crippen molar-refractivity contribution in [2.75, 3.05) is 0 Å². The SMILES string of the molecule is Cc1[nH]cc(C2C3CC4CC(C3)CC2C4)c1C(=O)O. The van der Waals surface area contributed by atoms with Crippen LogP contribution in [0.25, 0.3) is 0 Å². The Morgan fingerprint density at radius 1 is 1.16 bits per heavy atom. The Kier molecular flexibility index (Phi) is 2.36. The van der Waals surface area contributed by atoms with Crippen molar-refractivity contribution >= 4 is 5.97 Å². The Morgan fingerprint density at radius 2 is 1.74 bits per heavy atom. The number of hydrogen-bond donors (Lipinski definition) is 2. The van der Waals surface area contributed by atoms with Gasteiger partial charge in [0, 0.05) is 11.9 Å². The molecule has 0 radical (unpaired) electrons. The van der Waals surface area contributed by atoms with E-state index in [1.807, 2.05) is 13.1 Å². The molecule has 19 heavy (non-hydrogen) atoms. The molecular weight excluding hydrogens is 238 g/mol. The van der Waals surface area contributed by atoms with E-state index >= 15 is 0 Å². The number of aryl methyl sites for hydroxylation is 1. The molecule has 0 unspecified atom stereocenters. The zero-order valence-electron chi connectivity index (χ0n) is 11.4. The van der Waals surface area contributed by atoms with Crippen molar-refractivity contribution in [3.8, 4) is 0 Å². The van der Waals surface area contributed by atoms with E-state index in [4.69, 9.17) is 0 Å². The molecule has 0 amide bonds. The number of rotatable bonds is 2. The van der Waals surface area contributed by atoms with Gasteiger partial charge in [0.2, 0.25) is 0 Å². The van der Waals surface area contributed by atoms with Crippen LogP contribution in [0.3, 0.4) is 0 Å². The van der Waals surface area contributed by atoms with Crippen LogP contribution in [0.5, 0.6) is 0 Å². The molecule has 4 aliphatic carbocycles. The van der Waals surface area contributed by atoms with Crippen LogP contribution in [0.2, 0.25) is 0 Å². The van der Waals surface area contributed by atoms with E-state index in [0.717, 1.165) is 34.9 Å². The van der Waals surface area contributed by atoms with Gasteiger partial charge >= 0.3 is 5.97 Å². The molecule has 1 aromatic rings. The first kappa shape index (κ1) is 11.6. The molecule has 4 aliphatic rings. The lowest BCUT2D eigenvalue weighted by Gasteiger charge is -2.54. The van der Waals surface area contributed by atoms with Gasteiger partial charge in [0.25, 0.3) is 0 Å². The molecule has 0 aromatic carbocycles. The van der Waals surface area contributed by atoms with Crippen LogP contribution < -0.4 is 0 Å². The second kappa shape index (κ2) is 3.87. The molecule has 0 saturated heterocycles. The van der Waals surface area contributed by atoms with Gasteiger partial charge in [0.05, 0.1) is 5.56 Å².